The number of imidazole rings is 1. The van der Waals surface area contributed by atoms with Gasteiger partial charge in [-0.1, -0.05) is 6.07 Å². The standard InChI is InChI=1S/C18H16N4O2S/c23-17-14-10-13(21-5-3-19-4-6-21)2-1-12(14)9-16(24-17)15-11-22-7-8-25-18(22)20-15/h1-2,7-11,19H,3-6H2. The number of nitrogens with zero attached hydrogens (tertiary/aromatic N) is 3. The first-order chi connectivity index (χ1) is 12.3. The molecule has 0 radical (unpaired) electrons. The van der Waals surface area contributed by atoms with Crippen LogP contribution in [0.1, 0.15) is 0 Å². The van der Waals surface area contributed by atoms with Crippen molar-refractivity contribution in [2.24, 2.45) is 0 Å². The topological polar surface area (TPSA) is 62.8 Å². The fraction of sp³-hybridized carbons (Fsp3) is 0.222. The van der Waals surface area contributed by atoms with Crippen molar-refractivity contribution in [2.75, 3.05) is 31.1 Å². The molecule has 0 spiro atoms. The first kappa shape index (κ1) is 14.7. The van der Waals surface area contributed by atoms with E-state index < -0.39 is 0 Å². The Hall–Kier alpha value is -2.64. The Morgan fingerprint density at radius 1 is 1.20 bits per heavy atom. The average molecular weight is 352 g/mol. The normalized spacial score (nSPS) is 15.3. The molecule has 1 aliphatic rings. The van der Waals surface area contributed by atoms with Crippen LogP contribution in [0.3, 0.4) is 0 Å². The van der Waals surface area contributed by atoms with E-state index in [-0.39, 0.29) is 5.63 Å². The monoisotopic (exact) mass is 352 g/mol. The van der Waals surface area contributed by atoms with Gasteiger partial charge in [0.05, 0.1) is 5.39 Å². The Morgan fingerprint density at radius 3 is 2.92 bits per heavy atom. The molecule has 1 fully saturated rings. The number of aromatic nitrogens is 2. The number of anilines is 1. The fourth-order valence-electron chi connectivity index (χ4n) is 3.26. The van der Waals surface area contributed by atoms with E-state index in [0.29, 0.717) is 16.8 Å². The van der Waals surface area contributed by atoms with Gasteiger partial charge in [0.25, 0.3) is 0 Å². The van der Waals surface area contributed by atoms with Gasteiger partial charge in [0, 0.05) is 49.6 Å². The maximum Gasteiger partial charge on any atom is 0.344 e. The van der Waals surface area contributed by atoms with Crippen LogP contribution in [0.4, 0.5) is 5.69 Å². The Labute approximate surface area is 147 Å². The first-order valence-electron chi connectivity index (χ1n) is 8.24. The van der Waals surface area contributed by atoms with Gasteiger partial charge in [-0.2, -0.15) is 0 Å². The Kier molecular flexibility index (Phi) is 3.36. The molecule has 0 aliphatic carbocycles. The first-order valence-corrected chi connectivity index (χ1v) is 9.12. The molecule has 1 N–H and O–H groups in total. The maximum atomic E-state index is 12.5. The molecule has 0 amide bonds. The quantitative estimate of drug-likeness (QED) is 0.601. The number of hydrogen-bond acceptors (Lipinski definition) is 6. The second-order valence-corrected chi connectivity index (χ2v) is 7.00. The summed E-state index contributed by atoms with van der Waals surface area (Å²) in [6.07, 6.45) is 3.82. The molecule has 4 heterocycles. The zero-order chi connectivity index (χ0) is 16.8. The molecule has 3 aromatic heterocycles. The van der Waals surface area contributed by atoms with Crippen LogP contribution in [-0.2, 0) is 0 Å². The highest BCUT2D eigenvalue weighted by atomic mass is 32.1. The van der Waals surface area contributed by atoms with E-state index in [0.717, 1.165) is 42.2 Å². The minimum absolute atomic E-state index is 0.319. The van der Waals surface area contributed by atoms with Crippen LogP contribution in [0.5, 0.6) is 0 Å². The van der Waals surface area contributed by atoms with Crippen molar-refractivity contribution in [3.8, 4) is 11.5 Å². The van der Waals surface area contributed by atoms with Gasteiger partial charge < -0.3 is 14.6 Å². The Morgan fingerprint density at radius 2 is 2.08 bits per heavy atom. The predicted molar refractivity (Wildman–Crippen MR) is 99.6 cm³/mol. The molecule has 0 atom stereocenters. The molecule has 1 saturated heterocycles. The molecular weight excluding hydrogens is 336 g/mol. The van der Waals surface area contributed by atoms with Gasteiger partial charge >= 0.3 is 5.63 Å². The van der Waals surface area contributed by atoms with Gasteiger partial charge in [0.1, 0.15) is 5.69 Å². The highest BCUT2D eigenvalue weighted by Crippen LogP contribution is 2.26. The van der Waals surface area contributed by atoms with Crippen LogP contribution in [0.25, 0.3) is 27.2 Å². The Bertz CT molecular complexity index is 1090. The molecule has 7 heteroatoms. The average Bonchev–Trinajstić information content (AvgIpc) is 3.24. The van der Waals surface area contributed by atoms with E-state index in [4.69, 9.17) is 4.42 Å². The SMILES string of the molecule is O=c1oc(-c2cn3ccsc3n2)cc2ccc(N3CCNCC3)cc12. The zero-order valence-corrected chi connectivity index (χ0v) is 14.3. The number of nitrogens with one attached hydrogen (secondary N) is 1. The van der Waals surface area contributed by atoms with E-state index in [1.807, 2.05) is 40.4 Å². The molecule has 0 unspecified atom stereocenters. The van der Waals surface area contributed by atoms with E-state index >= 15 is 0 Å². The summed E-state index contributed by atoms with van der Waals surface area (Å²) in [6.45, 7) is 3.81. The molecule has 1 aromatic carbocycles. The number of hydrogen-bond donors (Lipinski definition) is 1. The van der Waals surface area contributed by atoms with Gasteiger partial charge in [-0.25, -0.2) is 9.78 Å². The highest BCUT2D eigenvalue weighted by molar-refractivity contribution is 7.15. The lowest BCUT2D eigenvalue weighted by molar-refractivity contribution is 0.533. The molecule has 4 aromatic rings. The van der Waals surface area contributed by atoms with Crippen molar-refractivity contribution >= 4 is 32.8 Å². The van der Waals surface area contributed by atoms with Crippen molar-refractivity contribution in [2.45, 2.75) is 0 Å². The minimum atomic E-state index is -0.319. The largest absolute Gasteiger partial charge is 0.421 e. The third-order valence-electron chi connectivity index (χ3n) is 4.57. The summed E-state index contributed by atoms with van der Waals surface area (Å²) in [5.74, 6) is 0.503. The summed E-state index contributed by atoms with van der Waals surface area (Å²) in [5.41, 5.74) is 1.43. The lowest BCUT2D eigenvalue weighted by atomic mass is 10.1. The summed E-state index contributed by atoms with van der Waals surface area (Å²) >= 11 is 1.55. The molecule has 0 saturated carbocycles. The summed E-state index contributed by atoms with van der Waals surface area (Å²) in [7, 11) is 0. The van der Waals surface area contributed by atoms with Crippen molar-refractivity contribution in [3.63, 3.8) is 0 Å². The maximum absolute atomic E-state index is 12.5. The second kappa shape index (κ2) is 5.72. The van der Waals surface area contributed by atoms with E-state index in [2.05, 4.69) is 21.3 Å². The lowest BCUT2D eigenvalue weighted by Gasteiger charge is -2.29. The molecule has 126 valence electrons. The molecule has 6 nitrogen and oxygen atoms in total. The van der Waals surface area contributed by atoms with Gasteiger partial charge in [-0.3, -0.25) is 4.40 Å². The van der Waals surface area contributed by atoms with Crippen LogP contribution in [0.2, 0.25) is 0 Å². The Balaban J connectivity index is 1.59. The summed E-state index contributed by atoms with van der Waals surface area (Å²) < 4.78 is 7.49. The van der Waals surface area contributed by atoms with Gasteiger partial charge in [0.15, 0.2) is 10.7 Å². The fourth-order valence-corrected chi connectivity index (χ4v) is 3.96. The predicted octanol–water partition coefficient (Wildman–Crippen LogP) is 2.58. The van der Waals surface area contributed by atoms with Crippen molar-refractivity contribution < 1.29 is 4.42 Å². The highest BCUT2D eigenvalue weighted by Gasteiger charge is 2.14. The van der Waals surface area contributed by atoms with Crippen LogP contribution in [0, 0.1) is 0 Å². The van der Waals surface area contributed by atoms with Gasteiger partial charge in [0.2, 0.25) is 0 Å². The van der Waals surface area contributed by atoms with Crippen molar-refractivity contribution in [1.82, 2.24) is 14.7 Å². The summed E-state index contributed by atoms with van der Waals surface area (Å²) in [6, 6.07) is 7.89. The number of rotatable bonds is 2. The zero-order valence-electron chi connectivity index (χ0n) is 13.4. The van der Waals surface area contributed by atoms with Gasteiger partial charge in [-0.05, 0) is 23.6 Å². The number of fused-ring (bicyclic) bond motifs is 2. The molecular formula is C18H16N4O2S. The van der Waals surface area contributed by atoms with Gasteiger partial charge in [-0.15, -0.1) is 11.3 Å². The van der Waals surface area contributed by atoms with Crippen molar-refractivity contribution in [3.05, 3.63) is 52.5 Å². The second-order valence-electron chi connectivity index (χ2n) is 6.13. The molecule has 25 heavy (non-hydrogen) atoms. The molecule has 5 rings (SSSR count). The third-order valence-corrected chi connectivity index (χ3v) is 5.34. The third kappa shape index (κ3) is 2.52. The van der Waals surface area contributed by atoms with Crippen LogP contribution < -0.4 is 15.8 Å². The van der Waals surface area contributed by atoms with Crippen LogP contribution in [-0.4, -0.2) is 35.6 Å². The van der Waals surface area contributed by atoms with E-state index in [1.54, 1.807) is 11.3 Å². The number of thiazole rings is 1. The summed E-state index contributed by atoms with van der Waals surface area (Å²) in [5, 5.41) is 6.80. The molecule has 0 bridgehead atoms. The van der Waals surface area contributed by atoms with Crippen LogP contribution in [0.15, 0.2) is 51.3 Å². The van der Waals surface area contributed by atoms with Crippen molar-refractivity contribution in [1.29, 1.82) is 0 Å². The van der Waals surface area contributed by atoms with E-state index in [1.165, 1.54) is 0 Å². The number of piperazine rings is 1. The van der Waals surface area contributed by atoms with Crippen LogP contribution >= 0.6 is 11.3 Å². The minimum Gasteiger partial charge on any atom is -0.421 e. The van der Waals surface area contributed by atoms with E-state index in [9.17, 15) is 4.79 Å². The number of benzene rings is 1. The smallest absolute Gasteiger partial charge is 0.344 e. The summed E-state index contributed by atoms with van der Waals surface area (Å²) in [4.78, 5) is 20.2. The molecule has 1 aliphatic heterocycles. The lowest BCUT2D eigenvalue weighted by Crippen LogP contribution is -2.43.